The number of nitrogens with one attached hydrogen (secondary N) is 2. The Morgan fingerprint density at radius 3 is 2.72 bits per heavy atom. The number of halogens is 1. The number of carbonyl (C=O) groups excluding carboxylic acids is 1. The zero-order valence-corrected chi connectivity index (χ0v) is 10.6. The van der Waals surface area contributed by atoms with Crippen LogP contribution in [0.1, 0.15) is 20.8 Å². The Hall–Kier alpha value is -2.15. The van der Waals surface area contributed by atoms with Crippen LogP contribution >= 0.6 is 15.9 Å². The van der Waals surface area contributed by atoms with Crippen molar-refractivity contribution in [1.29, 1.82) is 0 Å². The van der Waals surface area contributed by atoms with Gasteiger partial charge in [-0.1, -0.05) is 0 Å². The van der Waals surface area contributed by atoms with E-state index in [1.807, 2.05) is 0 Å². The van der Waals surface area contributed by atoms with Crippen molar-refractivity contribution in [3.8, 4) is 0 Å². The van der Waals surface area contributed by atoms with E-state index in [9.17, 15) is 9.59 Å². The summed E-state index contributed by atoms with van der Waals surface area (Å²) < 4.78 is 0.453. The van der Waals surface area contributed by atoms with Crippen LogP contribution < -0.4 is 5.32 Å². The van der Waals surface area contributed by atoms with E-state index in [1.165, 1.54) is 18.3 Å². The van der Waals surface area contributed by atoms with Crippen LogP contribution in [0.25, 0.3) is 0 Å². The predicted octanol–water partition coefficient (Wildman–Crippen LogP) is 2.12. The minimum Gasteiger partial charge on any atom is -0.478 e. The molecule has 6 nitrogen and oxygen atoms in total. The average molecular weight is 310 g/mol. The molecule has 0 unspecified atom stereocenters. The Morgan fingerprint density at radius 2 is 2.11 bits per heavy atom. The highest BCUT2D eigenvalue weighted by molar-refractivity contribution is 9.10. The molecule has 0 aliphatic rings. The number of hydrogen-bond donors (Lipinski definition) is 3. The van der Waals surface area contributed by atoms with Crippen LogP contribution in [-0.2, 0) is 0 Å². The number of amides is 1. The van der Waals surface area contributed by atoms with Crippen molar-refractivity contribution in [3.63, 3.8) is 0 Å². The fourth-order valence-corrected chi connectivity index (χ4v) is 1.76. The van der Waals surface area contributed by atoms with Gasteiger partial charge < -0.3 is 10.4 Å². The smallest absolute Gasteiger partial charge is 0.336 e. The molecule has 3 N–H and O–H groups in total. The number of rotatable bonds is 3. The van der Waals surface area contributed by atoms with Gasteiger partial charge in [0.15, 0.2) is 0 Å². The second-order valence-electron chi connectivity index (χ2n) is 3.42. The maximum absolute atomic E-state index is 11.7. The number of aromatic carboxylic acids is 1. The van der Waals surface area contributed by atoms with Crippen molar-refractivity contribution in [2.24, 2.45) is 0 Å². The third-order valence-electron chi connectivity index (χ3n) is 2.20. The summed E-state index contributed by atoms with van der Waals surface area (Å²) in [5.74, 6) is -1.45. The normalized spacial score (nSPS) is 10.1. The van der Waals surface area contributed by atoms with Gasteiger partial charge >= 0.3 is 5.97 Å². The molecule has 0 saturated carbocycles. The molecule has 0 atom stereocenters. The van der Waals surface area contributed by atoms with E-state index in [-0.39, 0.29) is 11.5 Å². The van der Waals surface area contributed by atoms with Crippen LogP contribution in [0, 0.1) is 0 Å². The first kappa shape index (κ1) is 12.3. The molecule has 0 aliphatic carbocycles. The third-order valence-corrected chi connectivity index (χ3v) is 2.89. The number of carboxylic acids is 1. The fraction of sp³-hybridized carbons (Fsp3) is 0. The average Bonchev–Trinajstić information content (AvgIpc) is 2.85. The second-order valence-corrected chi connectivity index (χ2v) is 4.28. The van der Waals surface area contributed by atoms with E-state index < -0.39 is 5.97 Å². The summed E-state index contributed by atoms with van der Waals surface area (Å²) >= 11 is 3.13. The lowest BCUT2D eigenvalue weighted by atomic mass is 10.2. The van der Waals surface area contributed by atoms with Gasteiger partial charge in [0.2, 0.25) is 0 Å². The number of H-pyrrole nitrogens is 1. The number of aromatic nitrogens is 2. The number of benzene rings is 1. The standard InChI is InChI=1S/C11H8BrN3O3/c12-8-2-1-6(5-7(8)11(17)18)14-10(16)9-3-4-13-15-9/h1-5H,(H,13,15)(H,14,16)(H,17,18). The Morgan fingerprint density at radius 1 is 1.33 bits per heavy atom. The van der Waals surface area contributed by atoms with E-state index in [0.717, 1.165) is 0 Å². The number of carboxylic acid groups (broad SMARTS) is 1. The number of carbonyl (C=O) groups is 2. The fourth-order valence-electron chi connectivity index (χ4n) is 1.35. The zero-order valence-electron chi connectivity index (χ0n) is 8.98. The van der Waals surface area contributed by atoms with E-state index in [4.69, 9.17) is 5.11 Å². The lowest BCUT2D eigenvalue weighted by Gasteiger charge is -2.06. The first-order chi connectivity index (χ1) is 8.58. The van der Waals surface area contributed by atoms with Gasteiger partial charge in [-0.15, -0.1) is 0 Å². The lowest BCUT2D eigenvalue weighted by Crippen LogP contribution is -2.13. The van der Waals surface area contributed by atoms with Crippen LogP contribution in [-0.4, -0.2) is 27.2 Å². The highest BCUT2D eigenvalue weighted by Crippen LogP contribution is 2.21. The molecule has 2 rings (SSSR count). The van der Waals surface area contributed by atoms with Crippen molar-refractivity contribution in [2.45, 2.75) is 0 Å². The summed E-state index contributed by atoms with van der Waals surface area (Å²) in [6.45, 7) is 0. The van der Waals surface area contributed by atoms with Gasteiger partial charge in [-0.3, -0.25) is 9.89 Å². The van der Waals surface area contributed by atoms with E-state index in [0.29, 0.717) is 15.9 Å². The van der Waals surface area contributed by atoms with Crippen LogP contribution in [0.15, 0.2) is 34.9 Å². The SMILES string of the molecule is O=C(Nc1ccc(Br)c(C(=O)O)c1)c1ccn[nH]1. The molecule has 1 heterocycles. The summed E-state index contributed by atoms with van der Waals surface area (Å²) in [5, 5.41) is 17.7. The maximum Gasteiger partial charge on any atom is 0.336 e. The van der Waals surface area contributed by atoms with Gasteiger partial charge in [0, 0.05) is 16.4 Å². The number of anilines is 1. The van der Waals surface area contributed by atoms with Crippen LogP contribution in [0.3, 0.4) is 0 Å². The second kappa shape index (κ2) is 5.01. The monoisotopic (exact) mass is 309 g/mol. The molecule has 0 aliphatic heterocycles. The van der Waals surface area contributed by atoms with E-state index in [2.05, 4.69) is 31.4 Å². The molecule has 0 radical (unpaired) electrons. The first-order valence-electron chi connectivity index (χ1n) is 4.91. The van der Waals surface area contributed by atoms with Gasteiger partial charge in [-0.05, 0) is 40.2 Å². The van der Waals surface area contributed by atoms with Crippen molar-refractivity contribution in [2.75, 3.05) is 5.32 Å². The molecule has 1 amide bonds. The van der Waals surface area contributed by atoms with Gasteiger partial charge in [-0.25, -0.2) is 4.79 Å². The van der Waals surface area contributed by atoms with E-state index in [1.54, 1.807) is 12.1 Å². The predicted molar refractivity (Wildman–Crippen MR) is 67.6 cm³/mol. The van der Waals surface area contributed by atoms with E-state index >= 15 is 0 Å². The largest absolute Gasteiger partial charge is 0.478 e. The molecular weight excluding hydrogens is 302 g/mol. The zero-order chi connectivity index (χ0) is 13.1. The van der Waals surface area contributed by atoms with Crippen molar-refractivity contribution in [3.05, 3.63) is 46.2 Å². The molecule has 18 heavy (non-hydrogen) atoms. The molecule has 92 valence electrons. The molecule has 7 heteroatoms. The minimum absolute atomic E-state index is 0.0809. The molecular formula is C11H8BrN3O3. The summed E-state index contributed by atoms with van der Waals surface area (Å²) in [5.41, 5.74) is 0.780. The van der Waals surface area contributed by atoms with Crippen LogP contribution in [0.5, 0.6) is 0 Å². The number of nitrogens with zero attached hydrogens (tertiary/aromatic N) is 1. The summed E-state index contributed by atoms with van der Waals surface area (Å²) in [4.78, 5) is 22.6. The molecule has 1 aromatic carbocycles. The molecule has 1 aromatic heterocycles. The highest BCUT2D eigenvalue weighted by atomic mass is 79.9. The molecule has 0 saturated heterocycles. The summed E-state index contributed by atoms with van der Waals surface area (Å²) in [7, 11) is 0. The quantitative estimate of drug-likeness (QED) is 0.809. The topological polar surface area (TPSA) is 95.1 Å². The Balaban J connectivity index is 2.22. The third kappa shape index (κ3) is 2.57. The molecule has 0 fully saturated rings. The Kier molecular flexibility index (Phi) is 3.42. The lowest BCUT2D eigenvalue weighted by molar-refractivity contribution is 0.0695. The van der Waals surface area contributed by atoms with Gasteiger partial charge in [0.05, 0.1) is 5.56 Å². The number of aromatic amines is 1. The highest BCUT2D eigenvalue weighted by Gasteiger charge is 2.11. The molecule has 0 spiro atoms. The van der Waals surface area contributed by atoms with Crippen molar-refractivity contribution >= 4 is 33.5 Å². The molecule has 2 aromatic rings. The van der Waals surface area contributed by atoms with Gasteiger partial charge in [-0.2, -0.15) is 5.10 Å². The van der Waals surface area contributed by atoms with Crippen molar-refractivity contribution < 1.29 is 14.7 Å². The summed E-state index contributed by atoms with van der Waals surface area (Å²) in [6.07, 6.45) is 1.46. The summed E-state index contributed by atoms with van der Waals surface area (Å²) in [6, 6.07) is 6.06. The van der Waals surface area contributed by atoms with Gasteiger partial charge in [0.1, 0.15) is 5.69 Å². The van der Waals surface area contributed by atoms with Crippen LogP contribution in [0.2, 0.25) is 0 Å². The maximum atomic E-state index is 11.7. The number of hydrogen-bond acceptors (Lipinski definition) is 3. The van der Waals surface area contributed by atoms with Crippen molar-refractivity contribution in [1.82, 2.24) is 10.2 Å². The van der Waals surface area contributed by atoms with Gasteiger partial charge in [0.25, 0.3) is 5.91 Å². The Bertz CT molecular complexity index is 596. The minimum atomic E-state index is -1.07. The first-order valence-corrected chi connectivity index (χ1v) is 5.71. The Labute approximate surface area is 110 Å². The van der Waals surface area contributed by atoms with Crippen LogP contribution in [0.4, 0.5) is 5.69 Å². The molecule has 0 bridgehead atoms.